The molecule has 122 valence electrons. The molecule has 0 aliphatic heterocycles. The van der Waals surface area contributed by atoms with Crippen molar-refractivity contribution in [3.8, 4) is 0 Å². The highest BCUT2D eigenvalue weighted by Crippen LogP contribution is 1.97. The number of hydrogen-bond donors (Lipinski definition) is 1. The quantitative estimate of drug-likeness (QED) is 0.723. The molecule has 0 unspecified atom stereocenters. The van der Waals surface area contributed by atoms with Gasteiger partial charge >= 0.3 is 5.97 Å². The minimum absolute atomic E-state index is 0.0207. The number of carbonyl (C=O) groups is 2. The van der Waals surface area contributed by atoms with Crippen LogP contribution >= 0.6 is 0 Å². The molecule has 0 spiro atoms. The lowest BCUT2D eigenvalue weighted by atomic mass is 10.2. The molecule has 1 aromatic heterocycles. The Morgan fingerprint density at radius 3 is 2.73 bits per heavy atom. The van der Waals surface area contributed by atoms with Gasteiger partial charge in [-0.3, -0.25) is 9.59 Å². The molecule has 0 bridgehead atoms. The van der Waals surface area contributed by atoms with E-state index >= 15 is 0 Å². The molecule has 1 N–H and O–H groups in total. The van der Waals surface area contributed by atoms with E-state index in [9.17, 15) is 14.4 Å². The highest BCUT2D eigenvalue weighted by atomic mass is 16.5. The number of hydrogen-bond acceptors (Lipinski definition) is 5. The average Bonchev–Trinajstić information content (AvgIpc) is 2.49. The second kappa shape index (κ2) is 8.96. The summed E-state index contributed by atoms with van der Waals surface area (Å²) in [5, 5.41) is 6.61. The van der Waals surface area contributed by atoms with E-state index < -0.39 is 5.97 Å². The molecule has 0 fully saturated rings. The van der Waals surface area contributed by atoms with E-state index in [1.807, 2.05) is 20.8 Å². The SMILES string of the molecule is CCCCn1nc(C(=O)OCC(=O)NCC(C)C)ccc1=O. The summed E-state index contributed by atoms with van der Waals surface area (Å²) in [5.41, 5.74) is -0.243. The first-order valence-corrected chi connectivity index (χ1v) is 7.46. The Labute approximate surface area is 129 Å². The van der Waals surface area contributed by atoms with Crippen molar-refractivity contribution in [3.05, 3.63) is 28.2 Å². The molecule has 1 amide bonds. The lowest BCUT2D eigenvalue weighted by Crippen LogP contribution is -2.32. The summed E-state index contributed by atoms with van der Waals surface area (Å²) in [5.74, 6) is -0.755. The van der Waals surface area contributed by atoms with Crippen molar-refractivity contribution >= 4 is 11.9 Å². The summed E-state index contributed by atoms with van der Waals surface area (Å²) < 4.78 is 6.13. The number of esters is 1. The van der Waals surface area contributed by atoms with Crippen LogP contribution in [0.15, 0.2) is 16.9 Å². The maximum atomic E-state index is 11.8. The van der Waals surface area contributed by atoms with Crippen LogP contribution in [0, 0.1) is 5.92 Å². The first kappa shape index (κ1) is 17.9. The van der Waals surface area contributed by atoms with Crippen LogP contribution in [0.2, 0.25) is 0 Å². The molecule has 1 heterocycles. The molecule has 1 rings (SSSR count). The minimum atomic E-state index is -0.718. The van der Waals surface area contributed by atoms with Gasteiger partial charge in [-0.25, -0.2) is 9.48 Å². The number of nitrogens with zero attached hydrogens (tertiary/aromatic N) is 2. The van der Waals surface area contributed by atoms with Crippen molar-refractivity contribution in [1.29, 1.82) is 0 Å². The van der Waals surface area contributed by atoms with Gasteiger partial charge in [0.25, 0.3) is 11.5 Å². The van der Waals surface area contributed by atoms with E-state index in [1.54, 1.807) is 0 Å². The van der Waals surface area contributed by atoms with Gasteiger partial charge in [-0.05, 0) is 18.4 Å². The first-order valence-electron chi connectivity index (χ1n) is 7.46. The first-order chi connectivity index (χ1) is 10.4. The lowest BCUT2D eigenvalue weighted by Gasteiger charge is -2.09. The summed E-state index contributed by atoms with van der Waals surface area (Å²) in [7, 11) is 0. The number of nitrogens with one attached hydrogen (secondary N) is 1. The summed E-state index contributed by atoms with van der Waals surface area (Å²) in [4.78, 5) is 34.9. The third kappa shape index (κ3) is 6.07. The van der Waals surface area contributed by atoms with Crippen LogP contribution in [-0.4, -0.2) is 34.8 Å². The van der Waals surface area contributed by atoms with Gasteiger partial charge in [0.2, 0.25) is 0 Å². The minimum Gasteiger partial charge on any atom is -0.451 e. The third-order valence-corrected chi connectivity index (χ3v) is 2.84. The predicted molar refractivity (Wildman–Crippen MR) is 81.5 cm³/mol. The summed E-state index contributed by atoms with van der Waals surface area (Å²) >= 11 is 0. The Morgan fingerprint density at radius 1 is 1.36 bits per heavy atom. The van der Waals surface area contributed by atoms with E-state index in [4.69, 9.17) is 4.74 Å². The van der Waals surface area contributed by atoms with Gasteiger partial charge in [-0.2, -0.15) is 5.10 Å². The smallest absolute Gasteiger partial charge is 0.359 e. The van der Waals surface area contributed by atoms with Gasteiger partial charge in [-0.15, -0.1) is 0 Å². The summed E-state index contributed by atoms with van der Waals surface area (Å²) in [6.45, 7) is 6.55. The molecule has 7 heteroatoms. The van der Waals surface area contributed by atoms with E-state index in [-0.39, 0.29) is 23.8 Å². The van der Waals surface area contributed by atoms with Crippen molar-refractivity contribution in [3.63, 3.8) is 0 Å². The molecule has 0 atom stereocenters. The van der Waals surface area contributed by atoms with E-state index in [1.165, 1.54) is 16.8 Å². The monoisotopic (exact) mass is 309 g/mol. The van der Waals surface area contributed by atoms with Crippen LogP contribution < -0.4 is 10.9 Å². The number of aromatic nitrogens is 2. The van der Waals surface area contributed by atoms with Gasteiger partial charge in [0.1, 0.15) is 0 Å². The Kier molecular flexibility index (Phi) is 7.28. The molecule has 7 nitrogen and oxygen atoms in total. The van der Waals surface area contributed by atoms with Crippen LogP contribution in [0.4, 0.5) is 0 Å². The van der Waals surface area contributed by atoms with Crippen molar-refractivity contribution in [2.75, 3.05) is 13.2 Å². The largest absolute Gasteiger partial charge is 0.451 e. The van der Waals surface area contributed by atoms with Crippen molar-refractivity contribution in [2.24, 2.45) is 5.92 Å². The second-order valence-electron chi connectivity index (χ2n) is 5.41. The third-order valence-electron chi connectivity index (χ3n) is 2.84. The van der Waals surface area contributed by atoms with E-state index in [2.05, 4.69) is 10.4 Å². The number of rotatable bonds is 8. The fourth-order valence-corrected chi connectivity index (χ4v) is 1.60. The molecule has 0 aliphatic rings. The maximum absolute atomic E-state index is 11.8. The van der Waals surface area contributed by atoms with Crippen molar-refractivity contribution < 1.29 is 14.3 Å². The molecule has 0 radical (unpaired) electrons. The highest BCUT2D eigenvalue weighted by molar-refractivity contribution is 5.89. The topological polar surface area (TPSA) is 90.3 Å². The average molecular weight is 309 g/mol. The summed E-state index contributed by atoms with van der Waals surface area (Å²) in [6, 6.07) is 2.58. The van der Waals surface area contributed by atoms with Gasteiger partial charge in [0.05, 0.1) is 0 Å². The molecule has 0 saturated heterocycles. The molecule has 0 saturated carbocycles. The van der Waals surface area contributed by atoms with Gasteiger partial charge in [0.15, 0.2) is 12.3 Å². The number of ether oxygens (including phenoxy) is 1. The Bertz CT molecular complexity index is 566. The molecule has 22 heavy (non-hydrogen) atoms. The van der Waals surface area contributed by atoms with Gasteiger partial charge in [-0.1, -0.05) is 27.2 Å². The standard InChI is InChI=1S/C15H23N3O4/c1-4-5-8-18-14(20)7-6-12(17-18)15(21)22-10-13(19)16-9-11(2)3/h6-7,11H,4-5,8-10H2,1-3H3,(H,16,19). The van der Waals surface area contributed by atoms with Crippen LogP contribution in [0.25, 0.3) is 0 Å². The van der Waals surface area contributed by atoms with Gasteiger partial charge in [0, 0.05) is 19.2 Å². The molecule has 1 aromatic rings. The lowest BCUT2D eigenvalue weighted by molar-refractivity contribution is -0.124. The van der Waals surface area contributed by atoms with Crippen molar-refractivity contribution in [2.45, 2.75) is 40.2 Å². The second-order valence-corrected chi connectivity index (χ2v) is 5.41. The van der Waals surface area contributed by atoms with Crippen LogP contribution in [0.1, 0.15) is 44.1 Å². The number of amides is 1. The van der Waals surface area contributed by atoms with E-state index in [0.29, 0.717) is 19.0 Å². The number of carbonyl (C=O) groups excluding carboxylic acids is 2. The fourth-order valence-electron chi connectivity index (χ4n) is 1.60. The Morgan fingerprint density at radius 2 is 2.09 bits per heavy atom. The molecular weight excluding hydrogens is 286 g/mol. The zero-order valence-corrected chi connectivity index (χ0v) is 13.3. The van der Waals surface area contributed by atoms with Crippen LogP contribution in [-0.2, 0) is 16.1 Å². The van der Waals surface area contributed by atoms with Crippen LogP contribution in [0.3, 0.4) is 0 Å². The van der Waals surface area contributed by atoms with E-state index in [0.717, 1.165) is 12.8 Å². The normalized spacial score (nSPS) is 10.5. The number of aryl methyl sites for hydroxylation is 1. The fraction of sp³-hybridized carbons (Fsp3) is 0.600. The highest BCUT2D eigenvalue weighted by Gasteiger charge is 2.13. The summed E-state index contributed by atoms with van der Waals surface area (Å²) in [6.07, 6.45) is 1.71. The number of unbranched alkanes of at least 4 members (excludes halogenated alkanes) is 1. The molecule has 0 aliphatic carbocycles. The Balaban J connectivity index is 2.58. The van der Waals surface area contributed by atoms with Gasteiger partial charge < -0.3 is 10.1 Å². The molecule has 0 aromatic carbocycles. The zero-order valence-electron chi connectivity index (χ0n) is 13.3. The van der Waals surface area contributed by atoms with Crippen LogP contribution in [0.5, 0.6) is 0 Å². The molecular formula is C15H23N3O4. The maximum Gasteiger partial charge on any atom is 0.359 e. The van der Waals surface area contributed by atoms with Crippen molar-refractivity contribution in [1.82, 2.24) is 15.1 Å². The predicted octanol–water partition coefficient (Wildman–Crippen LogP) is 0.972. The Hall–Kier alpha value is -2.18. The zero-order chi connectivity index (χ0) is 16.5.